The van der Waals surface area contributed by atoms with Crippen LogP contribution in [-0.2, 0) is 4.79 Å². The molecule has 2 rings (SSSR count). The van der Waals surface area contributed by atoms with E-state index in [1.54, 1.807) is 0 Å². The van der Waals surface area contributed by atoms with Crippen molar-refractivity contribution in [3.05, 3.63) is 0 Å². The van der Waals surface area contributed by atoms with Crippen LogP contribution in [0.5, 0.6) is 0 Å². The smallest absolute Gasteiger partial charge is 0.326 e. The monoisotopic (exact) mass is 255 g/mol. The Morgan fingerprint density at radius 1 is 1.22 bits per heavy atom. The Hall–Kier alpha value is -1.30. The average Bonchev–Trinajstić information content (AvgIpc) is 3.13. The van der Waals surface area contributed by atoms with Gasteiger partial charge in [0.2, 0.25) is 0 Å². The fourth-order valence-electron chi connectivity index (χ4n) is 2.26. The SMILES string of the molecule is O=C(NC1CCNCC1)N[C@@H](CC1CC1)C(=O)O. The van der Waals surface area contributed by atoms with Crippen molar-refractivity contribution in [1.82, 2.24) is 16.0 Å². The molecule has 2 fully saturated rings. The van der Waals surface area contributed by atoms with E-state index >= 15 is 0 Å². The van der Waals surface area contributed by atoms with Crippen LogP contribution in [0.15, 0.2) is 0 Å². The van der Waals surface area contributed by atoms with Crippen molar-refractivity contribution in [2.24, 2.45) is 5.92 Å². The molecule has 1 heterocycles. The molecule has 1 aliphatic heterocycles. The van der Waals surface area contributed by atoms with E-state index in [1.807, 2.05) is 0 Å². The molecule has 1 aliphatic carbocycles. The second-order valence-electron chi connectivity index (χ2n) is 5.21. The molecule has 1 atom stereocenters. The first-order valence-electron chi connectivity index (χ1n) is 6.65. The molecule has 0 radical (unpaired) electrons. The summed E-state index contributed by atoms with van der Waals surface area (Å²) in [5.74, 6) is -0.465. The zero-order valence-corrected chi connectivity index (χ0v) is 10.4. The van der Waals surface area contributed by atoms with Gasteiger partial charge in [0.25, 0.3) is 0 Å². The van der Waals surface area contributed by atoms with Gasteiger partial charge in [-0.1, -0.05) is 12.8 Å². The third kappa shape index (κ3) is 4.18. The van der Waals surface area contributed by atoms with Gasteiger partial charge in [0.15, 0.2) is 0 Å². The Balaban J connectivity index is 1.74. The second kappa shape index (κ2) is 6.04. The van der Waals surface area contributed by atoms with Crippen LogP contribution in [0.1, 0.15) is 32.1 Å². The molecule has 0 unspecified atom stereocenters. The van der Waals surface area contributed by atoms with Gasteiger partial charge >= 0.3 is 12.0 Å². The number of rotatable bonds is 5. The van der Waals surface area contributed by atoms with Crippen molar-refractivity contribution >= 4 is 12.0 Å². The number of carbonyl (C=O) groups excluding carboxylic acids is 1. The molecule has 6 heteroatoms. The van der Waals surface area contributed by atoms with Crippen LogP contribution in [0.2, 0.25) is 0 Å². The number of urea groups is 1. The van der Waals surface area contributed by atoms with Crippen LogP contribution < -0.4 is 16.0 Å². The maximum absolute atomic E-state index is 11.7. The van der Waals surface area contributed by atoms with Gasteiger partial charge in [0.05, 0.1) is 0 Å². The topological polar surface area (TPSA) is 90.5 Å². The van der Waals surface area contributed by atoms with Crippen molar-refractivity contribution in [2.75, 3.05) is 13.1 Å². The molecular weight excluding hydrogens is 234 g/mol. The average molecular weight is 255 g/mol. The van der Waals surface area contributed by atoms with Crippen LogP contribution in [0, 0.1) is 5.92 Å². The van der Waals surface area contributed by atoms with Gasteiger partial charge in [-0.3, -0.25) is 0 Å². The highest BCUT2D eigenvalue weighted by Crippen LogP contribution is 2.33. The third-order valence-corrected chi connectivity index (χ3v) is 3.54. The van der Waals surface area contributed by atoms with E-state index < -0.39 is 12.0 Å². The van der Waals surface area contributed by atoms with E-state index in [0.29, 0.717) is 12.3 Å². The van der Waals surface area contributed by atoms with E-state index in [0.717, 1.165) is 38.8 Å². The van der Waals surface area contributed by atoms with E-state index in [4.69, 9.17) is 5.11 Å². The quantitative estimate of drug-likeness (QED) is 0.568. The van der Waals surface area contributed by atoms with Crippen molar-refractivity contribution in [1.29, 1.82) is 0 Å². The molecule has 1 saturated carbocycles. The lowest BCUT2D eigenvalue weighted by atomic mass is 10.1. The Kier molecular flexibility index (Phi) is 4.41. The van der Waals surface area contributed by atoms with Crippen molar-refractivity contribution < 1.29 is 14.7 Å². The van der Waals surface area contributed by atoms with Crippen molar-refractivity contribution in [2.45, 2.75) is 44.2 Å². The lowest BCUT2D eigenvalue weighted by Gasteiger charge is -2.24. The molecule has 4 N–H and O–H groups in total. The number of carbonyl (C=O) groups is 2. The summed E-state index contributed by atoms with van der Waals surface area (Å²) in [6.45, 7) is 1.80. The first-order valence-corrected chi connectivity index (χ1v) is 6.65. The van der Waals surface area contributed by atoms with Crippen LogP contribution in [0.25, 0.3) is 0 Å². The Labute approximate surface area is 107 Å². The van der Waals surface area contributed by atoms with Crippen molar-refractivity contribution in [3.8, 4) is 0 Å². The molecular formula is C12H21N3O3. The van der Waals surface area contributed by atoms with Gasteiger partial charge in [-0.05, 0) is 38.3 Å². The predicted molar refractivity (Wildman–Crippen MR) is 66.3 cm³/mol. The number of piperidine rings is 1. The standard InChI is InChI=1S/C12H21N3O3/c16-11(17)10(7-8-1-2-8)15-12(18)14-9-3-5-13-6-4-9/h8-10,13H,1-7H2,(H,16,17)(H2,14,15,18)/t10-/m0/s1. The van der Waals surface area contributed by atoms with Gasteiger partial charge < -0.3 is 21.1 Å². The molecule has 2 amide bonds. The number of carboxylic acids is 1. The van der Waals surface area contributed by atoms with Crippen molar-refractivity contribution in [3.63, 3.8) is 0 Å². The molecule has 0 aromatic rings. The van der Waals surface area contributed by atoms with E-state index in [2.05, 4.69) is 16.0 Å². The summed E-state index contributed by atoms with van der Waals surface area (Å²) in [6, 6.07) is -0.948. The van der Waals surface area contributed by atoms with Gasteiger partial charge in [-0.15, -0.1) is 0 Å². The Morgan fingerprint density at radius 2 is 1.89 bits per heavy atom. The fourth-order valence-corrected chi connectivity index (χ4v) is 2.26. The third-order valence-electron chi connectivity index (χ3n) is 3.54. The fraction of sp³-hybridized carbons (Fsp3) is 0.833. The second-order valence-corrected chi connectivity index (χ2v) is 5.21. The highest BCUT2D eigenvalue weighted by Gasteiger charge is 2.30. The summed E-state index contributed by atoms with van der Waals surface area (Å²) in [5.41, 5.74) is 0. The minimum absolute atomic E-state index is 0.154. The molecule has 0 spiro atoms. The molecule has 6 nitrogen and oxygen atoms in total. The predicted octanol–water partition coefficient (Wildman–Crippen LogP) is 0.291. The first kappa shape index (κ1) is 13.1. The summed E-state index contributed by atoms with van der Waals surface area (Å²) in [7, 11) is 0. The zero-order chi connectivity index (χ0) is 13.0. The van der Waals surface area contributed by atoms with Gasteiger partial charge in [-0.2, -0.15) is 0 Å². The Morgan fingerprint density at radius 3 is 2.44 bits per heavy atom. The number of amides is 2. The minimum atomic E-state index is -0.942. The molecule has 0 aromatic heterocycles. The lowest BCUT2D eigenvalue weighted by molar-refractivity contribution is -0.139. The summed E-state index contributed by atoms with van der Waals surface area (Å²) in [6.07, 6.45) is 4.51. The number of hydrogen-bond acceptors (Lipinski definition) is 3. The molecule has 1 saturated heterocycles. The molecule has 102 valence electrons. The van der Waals surface area contributed by atoms with Crippen LogP contribution in [0.4, 0.5) is 4.79 Å². The van der Waals surface area contributed by atoms with E-state index in [9.17, 15) is 9.59 Å². The van der Waals surface area contributed by atoms with Crippen LogP contribution in [-0.4, -0.2) is 42.3 Å². The highest BCUT2D eigenvalue weighted by atomic mass is 16.4. The molecule has 18 heavy (non-hydrogen) atoms. The highest BCUT2D eigenvalue weighted by molar-refractivity contribution is 5.82. The van der Waals surface area contributed by atoms with Gasteiger partial charge in [-0.25, -0.2) is 9.59 Å². The number of hydrogen-bond donors (Lipinski definition) is 4. The van der Waals surface area contributed by atoms with Gasteiger partial charge in [0.1, 0.15) is 6.04 Å². The number of carboxylic acid groups (broad SMARTS) is 1. The molecule has 2 aliphatic rings. The Bertz CT molecular complexity index is 312. The largest absolute Gasteiger partial charge is 0.480 e. The van der Waals surface area contributed by atoms with E-state index in [-0.39, 0.29) is 12.1 Å². The summed E-state index contributed by atoms with van der Waals surface area (Å²) in [4.78, 5) is 22.8. The number of aliphatic carboxylic acids is 1. The normalized spacial score (nSPS) is 22.2. The summed E-state index contributed by atoms with van der Waals surface area (Å²) < 4.78 is 0. The van der Waals surface area contributed by atoms with E-state index in [1.165, 1.54) is 0 Å². The lowest BCUT2D eigenvalue weighted by Crippen LogP contribution is -2.51. The molecule has 0 aromatic carbocycles. The van der Waals surface area contributed by atoms with Crippen LogP contribution >= 0.6 is 0 Å². The zero-order valence-electron chi connectivity index (χ0n) is 10.4. The van der Waals surface area contributed by atoms with Crippen LogP contribution in [0.3, 0.4) is 0 Å². The maximum Gasteiger partial charge on any atom is 0.326 e. The van der Waals surface area contributed by atoms with Gasteiger partial charge in [0, 0.05) is 6.04 Å². The maximum atomic E-state index is 11.7. The molecule has 0 bridgehead atoms. The number of nitrogens with one attached hydrogen (secondary N) is 3. The summed E-state index contributed by atoms with van der Waals surface area (Å²) in [5, 5.41) is 17.7. The first-order chi connectivity index (χ1) is 8.65. The minimum Gasteiger partial charge on any atom is -0.480 e. The summed E-state index contributed by atoms with van der Waals surface area (Å²) >= 11 is 0.